The first-order chi connectivity index (χ1) is 7.99. The first-order valence-corrected chi connectivity index (χ1v) is 6.94. The predicted octanol–water partition coefficient (Wildman–Crippen LogP) is -0.0318. The minimum Gasteiger partial charge on any atom is -0.480 e. The molecule has 0 aliphatic rings. The van der Waals surface area contributed by atoms with E-state index in [0.29, 0.717) is 0 Å². The molecule has 106 valence electrons. The zero-order valence-electron chi connectivity index (χ0n) is 10.9. The fraction of sp³-hybridized carbons (Fsp3) is 0.800. The second-order valence-electron chi connectivity index (χ2n) is 4.90. The first kappa shape index (κ1) is 16.9. The fourth-order valence-corrected chi connectivity index (χ4v) is 2.52. The highest BCUT2D eigenvalue weighted by molar-refractivity contribution is 7.89. The first-order valence-electron chi connectivity index (χ1n) is 5.29. The Balaban J connectivity index is 4.73. The maximum atomic E-state index is 11.6. The van der Waals surface area contributed by atoms with Crippen molar-refractivity contribution in [1.29, 1.82) is 0 Å². The molecular weight excluding hydrogens is 262 g/mol. The molecule has 0 radical (unpaired) electrons. The summed E-state index contributed by atoms with van der Waals surface area (Å²) in [5.74, 6) is -2.42. The molecule has 0 spiro atoms. The minimum absolute atomic E-state index is 0.317. The number of sulfonamides is 1. The van der Waals surface area contributed by atoms with Crippen LogP contribution < -0.4 is 4.72 Å². The van der Waals surface area contributed by atoms with Crippen LogP contribution in [0, 0.1) is 5.41 Å². The van der Waals surface area contributed by atoms with Crippen molar-refractivity contribution in [3.8, 4) is 0 Å². The lowest BCUT2D eigenvalue weighted by Crippen LogP contribution is -2.49. The van der Waals surface area contributed by atoms with Gasteiger partial charge in [0.1, 0.15) is 6.04 Å². The number of rotatable bonds is 6. The van der Waals surface area contributed by atoms with Crippen LogP contribution in [-0.2, 0) is 24.3 Å². The van der Waals surface area contributed by atoms with E-state index in [-0.39, 0.29) is 6.42 Å². The summed E-state index contributed by atoms with van der Waals surface area (Å²) in [6.45, 7) is 4.82. The smallest absolute Gasteiger partial charge is 0.322 e. The lowest BCUT2D eigenvalue weighted by Gasteiger charge is -2.27. The SMILES string of the molecule is COC(=O)CCS(=O)(=O)NC(C(=O)O)C(C)(C)C. The van der Waals surface area contributed by atoms with Crippen LogP contribution >= 0.6 is 0 Å². The van der Waals surface area contributed by atoms with Gasteiger partial charge in [-0.1, -0.05) is 20.8 Å². The molecule has 0 aliphatic carbocycles. The summed E-state index contributed by atoms with van der Waals surface area (Å²) >= 11 is 0. The van der Waals surface area contributed by atoms with Gasteiger partial charge in [0, 0.05) is 0 Å². The molecule has 1 atom stereocenters. The van der Waals surface area contributed by atoms with Crippen molar-refractivity contribution >= 4 is 22.0 Å². The summed E-state index contributed by atoms with van der Waals surface area (Å²) in [6.07, 6.45) is -0.317. The van der Waals surface area contributed by atoms with E-state index in [0.717, 1.165) is 7.11 Å². The Morgan fingerprint density at radius 1 is 1.33 bits per heavy atom. The van der Waals surface area contributed by atoms with Gasteiger partial charge in [-0.15, -0.1) is 0 Å². The highest BCUT2D eigenvalue weighted by Crippen LogP contribution is 2.20. The van der Waals surface area contributed by atoms with E-state index in [1.54, 1.807) is 20.8 Å². The molecular formula is C10H19NO6S. The molecule has 7 nitrogen and oxygen atoms in total. The zero-order chi connectivity index (χ0) is 14.6. The normalized spacial score (nSPS) is 14.0. The molecule has 0 heterocycles. The summed E-state index contributed by atoms with van der Waals surface area (Å²) in [7, 11) is -2.70. The molecule has 0 amide bonds. The lowest BCUT2D eigenvalue weighted by atomic mass is 9.88. The summed E-state index contributed by atoms with van der Waals surface area (Å²) in [5, 5.41) is 8.98. The van der Waals surface area contributed by atoms with E-state index >= 15 is 0 Å². The number of nitrogens with one attached hydrogen (secondary N) is 1. The fourth-order valence-electron chi connectivity index (χ4n) is 1.16. The molecule has 18 heavy (non-hydrogen) atoms. The van der Waals surface area contributed by atoms with Gasteiger partial charge in [0.25, 0.3) is 0 Å². The topological polar surface area (TPSA) is 110 Å². The van der Waals surface area contributed by atoms with E-state index in [9.17, 15) is 18.0 Å². The van der Waals surface area contributed by atoms with Gasteiger partial charge in [0.05, 0.1) is 19.3 Å². The van der Waals surface area contributed by atoms with Crippen molar-refractivity contribution in [2.24, 2.45) is 5.41 Å². The molecule has 0 aromatic heterocycles. The van der Waals surface area contributed by atoms with Crippen LogP contribution in [-0.4, -0.2) is 44.4 Å². The molecule has 8 heteroatoms. The molecule has 0 saturated heterocycles. The molecule has 1 unspecified atom stereocenters. The molecule has 0 bridgehead atoms. The van der Waals surface area contributed by atoms with Gasteiger partial charge in [-0.05, 0) is 5.41 Å². The molecule has 0 aromatic carbocycles. The second kappa shape index (κ2) is 6.14. The van der Waals surface area contributed by atoms with Gasteiger partial charge in [-0.2, -0.15) is 0 Å². The molecule has 0 saturated carbocycles. The predicted molar refractivity (Wildman–Crippen MR) is 64.4 cm³/mol. The van der Waals surface area contributed by atoms with Crippen molar-refractivity contribution in [3.05, 3.63) is 0 Å². The van der Waals surface area contributed by atoms with Crippen LogP contribution in [0.1, 0.15) is 27.2 Å². The van der Waals surface area contributed by atoms with Gasteiger partial charge < -0.3 is 9.84 Å². The summed E-state index contributed by atoms with van der Waals surface area (Å²) in [6, 6.07) is -1.25. The number of carbonyl (C=O) groups is 2. The lowest BCUT2D eigenvalue weighted by molar-refractivity contribution is -0.141. The quantitative estimate of drug-likeness (QED) is 0.661. The van der Waals surface area contributed by atoms with Gasteiger partial charge in [0.15, 0.2) is 0 Å². The summed E-state index contributed by atoms with van der Waals surface area (Å²) in [4.78, 5) is 21.8. The van der Waals surface area contributed by atoms with Gasteiger partial charge in [0.2, 0.25) is 10.0 Å². The standard InChI is InChI=1S/C10H19NO6S/c1-10(2,3)8(9(13)14)11-18(15,16)6-5-7(12)17-4/h8,11H,5-6H2,1-4H3,(H,13,14). The Kier molecular flexibility index (Phi) is 5.75. The van der Waals surface area contributed by atoms with Crippen LogP contribution in [0.2, 0.25) is 0 Å². The van der Waals surface area contributed by atoms with Crippen molar-refractivity contribution in [2.45, 2.75) is 33.2 Å². The Morgan fingerprint density at radius 2 is 1.83 bits per heavy atom. The largest absolute Gasteiger partial charge is 0.480 e. The number of hydrogen-bond donors (Lipinski definition) is 2. The maximum Gasteiger partial charge on any atom is 0.322 e. The van der Waals surface area contributed by atoms with E-state index < -0.39 is 39.2 Å². The molecule has 0 aromatic rings. The number of esters is 1. The average Bonchev–Trinajstić information content (AvgIpc) is 2.21. The van der Waals surface area contributed by atoms with Crippen molar-refractivity contribution < 1.29 is 27.9 Å². The summed E-state index contributed by atoms with van der Waals surface area (Å²) < 4.78 is 29.7. The van der Waals surface area contributed by atoms with Gasteiger partial charge in [-0.25, -0.2) is 13.1 Å². The Bertz CT molecular complexity index is 409. The van der Waals surface area contributed by atoms with Crippen molar-refractivity contribution in [2.75, 3.05) is 12.9 Å². The third-order valence-corrected chi connectivity index (χ3v) is 3.55. The summed E-state index contributed by atoms with van der Waals surface area (Å²) in [5.41, 5.74) is -0.774. The number of ether oxygens (including phenoxy) is 1. The number of carbonyl (C=O) groups excluding carboxylic acids is 1. The molecule has 0 aliphatic heterocycles. The van der Waals surface area contributed by atoms with Crippen LogP contribution in [0.3, 0.4) is 0 Å². The number of carboxylic acids is 1. The highest BCUT2D eigenvalue weighted by atomic mass is 32.2. The third kappa shape index (κ3) is 5.97. The van der Waals surface area contributed by atoms with Gasteiger partial charge >= 0.3 is 11.9 Å². The number of methoxy groups -OCH3 is 1. The van der Waals surface area contributed by atoms with E-state index in [1.165, 1.54) is 0 Å². The minimum atomic E-state index is -3.85. The monoisotopic (exact) mass is 281 g/mol. The number of hydrogen-bond acceptors (Lipinski definition) is 5. The Hall–Kier alpha value is -1.15. The van der Waals surface area contributed by atoms with Crippen LogP contribution in [0.5, 0.6) is 0 Å². The van der Waals surface area contributed by atoms with Crippen LogP contribution in [0.15, 0.2) is 0 Å². The highest BCUT2D eigenvalue weighted by Gasteiger charge is 2.34. The average molecular weight is 281 g/mol. The maximum absolute atomic E-state index is 11.6. The van der Waals surface area contributed by atoms with Crippen molar-refractivity contribution in [3.63, 3.8) is 0 Å². The number of carboxylic acid groups (broad SMARTS) is 1. The third-order valence-electron chi connectivity index (χ3n) is 2.21. The van der Waals surface area contributed by atoms with Crippen molar-refractivity contribution in [1.82, 2.24) is 4.72 Å². The zero-order valence-corrected chi connectivity index (χ0v) is 11.7. The van der Waals surface area contributed by atoms with Gasteiger partial charge in [-0.3, -0.25) is 9.59 Å². The van der Waals surface area contributed by atoms with Crippen LogP contribution in [0.4, 0.5) is 0 Å². The molecule has 2 N–H and O–H groups in total. The Labute approximate surface area is 107 Å². The van der Waals surface area contributed by atoms with E-state index in [1.807, 2.05) is 0 Å². The van der Waals surface area contributed by atoms with E-state index in [2.05, 4.69) is 9.46 Å². The van der Waals surface area contributed by atoms with E-state index in [4.69, 9.17) is 5.11 Å². The molecule has 0 rings (SSSR count). The molecule has 0 fully saturated rings. The van der Waals surface area contributed by atoms with Crippen LogP contribution in [0.25, 0.3) is 0 Å². The number of aliphatic carboxylic acids is 1. The second-order valence-corrected chi connectivity index (χ2v) is 6.77. The Morgan fingerprint density at radius 3 is 2.17 bits per heavy atom.